The van der Waals surface area contributed by atoms with Gasteiger partial charge >= 0.3 is 0 Å². The first-order valence-electron chi connectivity index (χ1n) is 9.67. The molecule has 0 radical (unpaired) electrons. The van der Waals surface area contributed by atoms with Crippen LogP contribution < -0.4 is 5.32 Å². The summed E-state index contributed by atoms with van der Waals surface area (Å²) in [5, 5.41) is 12.6. The van der Waals surface area contributed by atoms with Crippen molar-refractivity contribution in [3.05, 3.63) is 95.2 Å². The first kappa shape index (κ1) is 19.1. The van der Waals surface area contributed by atoms with Crippen LogP contribution in [0.1, 0.15) is 16.1 Å². The minimum atomic E-state index is -0.335. The van der Waals surface area contributed by atoms with E-state index in [9.17, 15) is 4.79 Å². The maximum absolute atomic E-state index is 12.8. The van der Waals surface area contributed by atoms with Gasteiger partial charge in [0.05, 0.1) is 5.69 Å². The van der Waals surface area contributed by atoms with Gasteiger partial charge in [0.15, 0.2) is 5.76 Å². The van der Waals surface area contributed by atoms with Gasteiger partial charge in [-0.3, -0.25) is 4.79 Å². The quantitative estimate of drug-likeness (QED) is 0.387. The lowest BCUT2D eigenvalue weighted by molar-refractivity contribution is 0.0997. The maximum Gasteiger partial charge on any atom is 0.291 e. The average Bonchev–Trinajstić information content (AvgIpc) is 3.43. The van der Waals surface area contributed by atoms with Crippen molar-refractivity contribution in [2.45, 2.75) is 6.92 Å². The first-order valence-corrected chi connectivity index (χ1v) is 10.0. The van der Waals surface area contributed by atoms with Crippen molar-refractivity contribution >= 4 is 34.2 Å². The van der Waals surface area contributed by atoms with Crippen LogP contribution in [0.4, 0.5) is 5.69 Å². The molecule has 6 nitrogen and oxygen atoms in total. The fourth-order valence-electron chi connectivity index (χ4n) is 3.29. The largest absolute Gasteiger partial charge is 0.451 e. The van der Waals surface area contributed by atoms with E-state index in [-0.39, 0.29) is 11.7 Å². The number of carbonyl (C=O) groups is 1. The third-order valence-electron chi connectivity index (χ3n) is 4.92. The average molecular weight is 429 g/mol. The molecular weight excluding hydrogens is 412 g/mol. The third-order valence-corrected chi connectivity index (χ3v) is 5.17. The van der Waals surface area contributed by atoms with Crippen molar-refractivity contribution in [2.24, 2.45) is 0 Å². The zero-order valence-corrected chi connectivity index (χ0v) is 17.3. The van der Waals surface area contributed by atoms with Gasteiger partial charge in [0.1, 0.15) is 16.8 Å². The second-order valence-corrected chi connectivity index (χ2v) is 7.54. The van der Waals surface area contributed by atoms with Gasteiger partial charge in [-0.15, -0.1) is 10.2 Å². The summed E-state index contributed by atoms with van der Waals surface area (Å²) in [7, 11) is 0. The van der Waals surface area contributed by atoms with Crippen LogP contribution in [0.25, 0.3) is 28.0 Å². The Hall–Kier alpha value is -3.90. The van der Waals surface area contributed by atoms with E-state index in [0.29, 0.717) is 22.0 Å². The standard InChI is InChI=1S/C24H17ClN4O2/c1-15-13-20-21(28-29(27-20)18-5-3-2-4-6-18)14-19(15)26-24(30)23-12-11-22(31-23)16-7-9-17(25)10-8-16/h2-14H,1H3,(H,26,30). The van der Waals surface area contributed by atoms with Crippen molar-refractivity contribution in [1.29, 1.82) is 0 Å². The minimum absolute atomic E-state index is 0.220. The molecule has 31 heavy (non-hydrogen) atoms. The maximum atomic E-state index is 12.8. The number of aromatic nitrogens is 3. The highest BCUT2D eigenvalue weighted by atomic mass is 35.5. The number of rotatable bonds is 4. The van der Waals surface area contributed by atoms with E-state index in [0.717, 1.165) is 22.3 Å². The van der Waals surface area contributed by atoms with Gasteiger partial charge in [-0.1, -0.05) is 29.8 Å². The van der Waals surface area contributed by atoms with Crippen LogP contribution in [0.5, 0.6) is 0 Å². The molecule has 2 aromatic heterocycles. The number of amides is 1. The van der Waals surface area contributed by atoms with Crippen molar-refractivity contribution in [1.82, 2.24) is 15.0 Å². The number of anilines is 1. The van der Waals surface area contributed by atoms with Gasteiger partial charge in [-0.05, 0) is 73.2 Å². The molecule has 5 rings (SSSR count). The second kappa shape index (κ2) is 7.74. The third kappa shape index (κ3) is 3.81. The Balaban J connectivity index is 1.40. The molecule has 0 atom stereocenters. The molecule has 0 aliphatic carbocycles. The van der Waals surface area contributed by atoms with Gasteiger partial charge in [0.2, 0.25) is 0 Å². The summed E-state index contributed by atoms with van der Waals surface area (Å²) < 4.78 is 5.75. The summed E-state index contributed by atoms with van der Waals surface area (Å²) in [6, 6.07) is 24.1. The van der Waals surface area contributed by atoms with Gasteiger partial charge < -0.3 is 9.73 Å². The molecule has 5 aromatic rings. The first-order chi connectivity index (χ1) is 15.1. The Kier molecular flexibility index (Phi) is 4.76. The molecule has 0 fully saturated rings. The van der Waals surface area contributed by atoms with E-state index >= 15 is 0 Å². The van der Waals surface area contributed by atoms with E-state index in [1.54, 1.807) is 29.1 Å². The van der Waals surface area contributed by atoms with Gasteiger partial charge in [0, 0.05) is 16.3 Å². The Labute approximate surface area is 183 Å². The number of nitrogens with one attached hydrogen (secondary N) is 1. The zero-order chi connectivity index (χ0) is 21.4. The molecule has 1 N–H and O–H groups in total. The summed E-state index contributed by atoms with van der Waals surface area (Å²) in [6.45, 7) is 1.91. The number of hydrogen-bond donors (Lipinski definition) is 1. The topological polar surface area (TPSA) is 73.0 Å². The predicted molar refractivity (Wildman–Crippen MR) is 121 cm³/mol. The molecule has 0 aliphatic heterocycles. The number of nitrogens with zero attached hydrogens (tertiary/aromatic N) is 3. The summed E-state index contributed by atoms with van der Waals surface area (Å²) in [5.41, 5.74) is 4.69. The van der Waals surface area contributed by atoms with E-state index in [4.69, 9.17) is 16.0 Å². The number of benzene rings is 3. The molecule has 2 heterocycles. The van der Waals surface area contributed by atoms with Gasteiger partial charge in [0.25, 0.3) is 5.91 Å². The highest BCUT2D eigenvalue weighted by Crippen LogP contribution is 2.26. The van der Waals surface area contributed by atoms with Gasteiger partial charge in [-0.2, -0.15) is 4.80 Å². The van der Waals surface area contributed by atoms with Crippen LogP contribution in [0.3, 0.4) is 0 Å². The molecule has 0 bridgehead atoms. The van der Waals surface area contributed by atoms with E-state index in [2.05, 4.69) is 15.5 Å². The molecular formula is C24H17ClN4O2. The van der Waals surface area contributed by atoms with Crippen molar-refractivity contribution in [3.63, 3.8) is 0 Å². The molecule has 1 amide bonds. The van der Waals surface area contributed by atoms with Crippen molar-refractivity contribution < 1.29 is 9.21 Å². The summed E-state index contributed by atoms with van der Waals surface area (Å²) in [4.78, 5) is 14.3. The van der Waals surface area contributed by atoms with E-state index in [1.165, 1.54) is 0 Å². The molecule has 152 valence electrons. The number of aryl methyl sites for hydroxylation is 1. The lowest BCUT2D eigenvalue weighted by atomic mass is 10.1. The SMILES string of the molecule is Cc1cc2nn(-c3ccccc3)nc2cc1NC(=O)c1ccc(-c2ccc(Cl)cc2)o1. The van der Waals surface area contributed by atoms with Gasteiger partial charge in [-0.25, -0.2) is 0 Å². The van der Waals surface area contributed by atoms with Crippen molar-refractivity contribution in [3.8, 4) is 17.0 Å². The van der Waals surface area contributed by atoms with Crippen LogP contribution >= 0.6 is 11.6 Å². The molecule has 0 spiro atoms. The Morgan fingerprint density at radius 3 is 2.39 bits per heavy atom. The van der Waals surface area contributed by atoms with Crippen molar-refractivity contribution in [2.75, 3.05) is 5.32 Å². The monoisotopic (exact) mass is 428 g/mol. The highest BCUT2D eigenvalue weighted by molar-refractivity contribution is 6.30. The summed E-state index contributed by atoms with van der Waals surface area (Å²) >= 11 is 5.93. The molecule has 0 saturated carbocycles. The fourth-order valence-corrected chi connectivity index (χ4v) is 3.42. The van der Waals surface area contributed by atoms with E-state index in [1.807, 2.05) is 61.5 Å². The summed E-state index contributed by atoms with van der Waals surface area (Å²) in [5.74, 6) is 0.482. The lowest BCUT2D eigenvalue weighted by Gasteiger charge is -2.06. The fraction of sp³-hybridized carbons (Fsp3) is 0.0417. The second-order valence-electron chi connectivity index (χ2n) is 7.11. The Morgan fingerprint density at radius 2 is 1.65 bits per heavy atom. The molecule has 0 aliphatic rings. The van der Waals surface area contributed by atoms with Crippen LogP contribution in [-0.2, 0) is 0 Å². The molecule has 0 saturated heterocycles. The molecule has 0 unspecified atom stereocenters. The zero-order valence-electron chi connectivity index (χ0n) is 16.5. The van der Waals surface area contributed by atoms with E-state index < -0.39 is 0 Å². The summed E-state index contributed by atoms with van der Waals surface area (Å²) in [6.07, 6.45) is 0. The van der Waals surface area contributed by atoms with Crippen LogP contribution in [0, 0.1) is 6.92 Å². The number of hydrogen-bond acceptors (Lipinski definition) is 4. The Morgan fingerprint density at radius 1 is 0.935 bits per heavy atom. The smallest absolute Gasteiger partial charge is 0.291 e. The normalized spacial score (nSPS) is 11.0. The molecule has 7 heteroatoms. The van der Waals surface area contributed by atoms with Crippen LogP contribution in [0.15, 0.2) is 83.3 Å². The lowest BCUT2D eigenvalue weighted by Crippen LogP contribution is -2.11. The number of halogens is 1. The number of fused-ring (bicyclic) bond motifs is 1. The number of furan rings is 1. The minimum Gasteiger partial charge on any atom is -0.451 e. The number of para-hydroxylation sites is 1. The predicted octanol–water partition coefficient (Wildman–Crippen LogP) is 5.89. The number of carbonyl (C=O) groups excluding carboxylic acids is 1. The highest BCUT2D eigenvalue weighted by Gasteiger charge is 2.15. The van der Waals surface area contributed by atoms with Crippen LogP contribution in [0.2, 0.25) is 5.02 Å². The molecule has 3 aromatic carbocycles. The van der Waals surface area contributed by atoms with Crippen LogP contribution in [-0.4, -0.2) is 20.9 Å². The Bertz CT molecular complexity index is 1390.